The van der Waals surface area contributed by atoms with Crippen LogP contribution < -0.4 is 4.74 Å². The molecule has 0 radical (unpaired) electrons. The van der Waals surface area contributed by atoms with Gasteiger partial charge in [-0.2, -0.15) is 0 Å². The van der Waals surface area contributed by atoms with E-state index >= 15 is 0 Å². The number of nitrogens with zero attached hydrogens (tertiary/aromatic N) is 2. The molecular formula is C16H22BrClN2O4S. The number of carbonyl (C=O) groups excluding carboxylic acids is 1. The monoisotopic (exact) mass is 452 g/mol. The highest BCUT2D eigenvalue weighted by atomic mass is 79.9. The SMILES string of the molecule is CC(Oc1ccc(Cl)cc1Br)C(=O)N1CCC(N(C)S(C)(=O)=O)CC1. The van der Waals surface area contributed by atoms with Crippen LogP contribution in [0.15, 0.2) is 22.7 Å². The topological polar surface area (TPSA) is 66.9 Å². The maximum absolute atomic E-state index is 12.6. The van der Waals surface area contributed by atoms with Crippen molar-refractivity contribution in [2.75, 3.05) is 26.4 Å². The number of rotatable bonds is 5. The van der Waals surface area contributed by atoms with Crippen molar-refractivity contribution >= 4 is 43.5 Å². The molecule has 1 aliphatic heterocycles. The third kappa shape index (κ3) is 5.32. The zero-order chi connectivity index (χ0) is 18.8. The highest BCUT2D eigenvalue weighted by molar-refractivity contribution is 9.10. The molecule has 2 rings (SSSR count). The molecule has 1 unspecified atom stereocenters. The lowest BCUT2D eigenvalue weighted by atomic mass is 10.0. The summed E-state index contributed by atoms with van der Waals surface area (Å²) < 4.78 is 31.1. The Morgan fingerprint density at radius 1 is 1.40 bits per heavy atom. The zero-order valence-electron chi connectivity index (χ0n) is 14.4. The molecule has 0 bridgehead atoms. The lowest BCUT2D eigenvalue weighted by Crippen LogP contribution is -2.49. The minimum atomic E-state index is -3.22. The molecule has 0 spiro atoms. The Labute approximate surface area is 162 Å². The van der Waals surface area contributed by atoms with E-state index in [1.54, 1.807) is 37.1 Å². The Hall–Kier alpha value is -0.830. The smallest absolute Gasteiger partial charge is 0.263 e. The van der Waals surface area contributed by atoms with Gasteiger partial charge < -0.3 is 9.64 Å². The molecule has 9 heteroatoms. The average molecular weight is 454 g/mol. The van der Waals surface area contributed by atoms with E-state index in [1.165, 1.54) is 10.6 Å². The molecule has 1 aromatic rings. The first-order chi connectivity index (χ1) is 11.6. The minimum Gasteiger partial charge on any atom is -0.480 e. The number of sulfonamides is 1. The summed E-state index contributed by atoms with van der Waals surface area (Å²) in [5.41, 5.74) is 0. The first kappa shape index (κ1) is 20.5. The average Bonchev–Trinajstić information content (AvgIpc) is 2.55. The van der Waals surface area contributed by atoms with E-state index in [-0.39, 0.29) is 11.9 Å². The Morgan fingerprint density at radius 2 is 2.00 bits per heavy atom. The first-order valence-electron chi connectivity index (χ1n) is 7.93. The number of ether oxygens (including phenoxy) is 1. The van der Waals surface area contributed by atoms with Gasteiger partial charge in [-0.1, -0.05) is 11.6 Å². The Morgan fingerprint density at radius 3 is 2.52 bits per heavy atom. The second-order valence-corrected chi connectivity index (χ2v) is 9.50. The molecule has 25 heavy (non-hydrogen) atoms. The molecule has 1 aliphatic rings. The fraction of sp³-hybridized carbons (Fsp3) is 0.562. The van der Waals surface area contributed by atoms with Crippen LogP contribution in [0.25, 0.3) is 0 Å². The summed E-state index contributed by atoms with van der Waals surface area (Å²) in [6.07, 6.45) is 1.80. The van der Waals surface area contributed by atoms with Gasteiger partial charge in [0.15, 0.2) is 6.10 Å². The van der Waals surface area contributed by atoms with Gasteiger partial charge in [0.2, 0.25) is 10.0 Å². The molecule has 0 aromatic heterocycles. The van der Waals surface area contributed by atoms with Crippen LogP contribution in [0.1, 0.15) is 19.8 Å². The Balaban J connectivity index is 1.93. The van der Waals surface area contributed by atoms with Crippen LogP contribution in [0, 0.1) is 0 Å². The van der Waals surface area contributed by atoms with E-state index in [9.17, 15) is 13.2 Å². The second-order valence-electron chi connectivity index (χ2n) is 6.17. The van der Waals surface area contributed by atoms with E-state index in [2.05, 4.69) is 15.9 Å². The fourth-order valence-corrected chi connectivity index (χ4v) is 4.32. The van der Waals surface area contributed by atoms with Crippen molar-refractivity contribution in [3.05, 3.63) is 27.7 Å². The summed E-state index contributed by atoms with van der Waals surface area (Å²) in [4.78, 5) is 14.3. The van der Waals surface area contributed by atoms with Crippen LogP contribution in [-0.2, 0) is 14.8 Å². The van der Waals surface area contributed by atoms with E-state index in [1.807, 2.05) is 0 Å². The third-order valence-electron chi connectivity index (χ3n) is 4.36. The van der Waals surface area contributed by atoms with E-state index in [0.717, 1.165) is 0 Å². The molecule has 1 fully saturated rings. The molecule has 1 heterocycles. The van der Waals surface area contributed by atoms with Crippen LogP contribution >= 0.6 is 27.5 Å². The lowest BCUT2D eigenvalue weighted by molar-refractivity contribution is -0.139. The number of carbonyl (C=O) groups is 1. The molecule has 1 amide bonds. The van der Waals surface area contributed by atoms with Gasteiger partial charge in [-0.3, -0.25) is 4.79 Å². The fourth-order valence-electron chi connectivity index (χ4n) is 2.79. The number of amides is 1. The molecule has 0 N–H and O–H groups in total. The van der Waals surface area contributed by atoms with Crippen LogP contribution in [0.4, 0.5) is 0 Å². The highest BCUT2D eigenvalue weighted by Crippen LogP contribution is 2.29. The summed E-state index contributed by atoms with van der Waals surface area (Å²) in [5.74, 6) is 0.444. The van der Waals surface area contributed by atoms with Gasteiger partial charge in [0.1, 0.15) is 5.75 Å². The molecule has 140 valence electrons. The molecule has 0 aliphatic carbocycles. The number of piperidine rings is 1. The van der Waals surface area contributed by atoms with Crippen molar-refractivity contribution in [1.29, 1.82) is 0 Å². The largest absolute Gasteiger partial charge is 0.480 e. The summed E-state index contributed by atoms with van der Waals surface area (Å²) in [7, 11) is -1.63. The van der Waals surface area contributed by atoms with E-state index < -0.39 is 16.1 Å². The van der Waals surface area contributed by atoms with Crippen LogP contribution in [0.3, 0.4) is 0 Å². The van der Waals surface area contributed by atoms with E-state index in [0.29, 0.717) is 41.2 Å². The third-order valence-corrected chi connectivity index (χ3v) is 6.56. The van der Waals surface area contributed by atoms with Crippen molar-refractivity contribution in [1.82, 2.24) is 9.21 Å². The predicted molar refractivity (Wildman–Crippen MR) is 101 cm³/mol. The zero-order valence-corrected chi connectivity index (χ0v) is 17.6. The van der Waals surface area contributed by atoms with Crippen LogP contribution in [0.2, 0.25) is 5.02 Å². The quantitative estimate of drug-likeness (QED) is 0.687. The molecule has 1 aromatic carbocycles. The van der Waals surface area contributed by atoms with Crippen molar-refractivity contribution in [3.63, 3.8) is 0 Å². The normalized spacial score (nSPS) is 17.6. The van der Waals surface area contributed by atoms with E-state index in [4.69, 9.17) is 16.3 Å². The van der Waals surface area contributed by atoms with Crippen molar-refractivity contribution in [2.24, 2.45) is 0 Å². The van der Waals surface area contributed by atoms with Gasteiger partial charge >= 0.3 is 0 Å². The first-order valence-corrected chi connectivity index (χ1v) is 10.9. The molecular weight excluding hydrogens is 432 g/mol. The standard InChI is InChI=1S/C16H22BrClN2O4S/c1-11(24-15-5-4-12(18)10-14(15)17)16(21)20-8-6-13(7-9-20)19(2)25(3,22)23/h4-5,10-11,13H,6-9H2,1-3H3. The number of hydrogen-bond donors (Lipinski definition) is 0. The van der Waals surface area contributed by atoms with Crippen LogP contribution in [-0.4, -0.2) is 62.1 Å². The predicted octanol–water partition coefficient (Wildman–Crippen LogP) is 2.75. The summed E-state index contributed by atoms with van der Waals surface area (Å²) in [6, 6.07) is 5.05. The minimum absolute atomic E-state index is 0.0688. The molecule has 6 nitrogen and oxygen atoms in total. The highest BCUT2D eigenvalue weighted by Gasteiger charge is 2.31. The van der Waals surface area contributed by atoms with Gasteiger partial charge in [-0.05, 0) is 53.9 Å². The summed E-state index contributed by atoms with van der Waals surface area (Å²) in [6.45, 7) is 2.73. The molecule has 1 saturated heterocycles. The van der Waals surface area contributed by atoms with Gasteiger partial charge in [0.05, 0.1) is 10.7 Å². The van der Waals surface area contributed by atoms with Crippen molar-refractivity contribution < 1.29 is 17.9 Å². The lowest BCUT2D eigenvalue weighted by Gasteiger charge is -2.36. The van der Waals surface area contributed by atoms with Gasteiger partial charge in [0, 0.05) is 31.2 Å². The summed E-state index contributed by atoms with van der Waals surface area (Å²) in [5, 5.41) is 0.579. The Bertz CT molecular complexity index is 736. The number of likely N-dealkylation sites (tertiary alicyclic amines) is 1. The summed E-state index contributed by atoms with van der Waals surface area (Å²) >= 11 is 9.27. The van der Waals surface area contributed by atoms with Crippen LogP contribution in [0.5, 0.6) is 5.75 Å². The van der Waals surface area contributed by atoms with Crippen molar-refractivity contribution in [2.45, 2.75) is 31.9 Å². The van der Waals surface area contributed by atoms with Gasteiger partial charge in [-0.15, -0.1) is 0 Å². The van der Waals surface area contributed by atoms with Crippen molar-refractivity contribution in [3.8, 4) is 5.75 Å². The van der Waals surface area contributed by atoms with Gasteiger partial charge in [0.25, 0.3) is 5.91 Å². The number of halogens is 2. The maximum Gasteiger partial charge on any atom is 0.263 e. The molecule has 0 saturated carbocycles. The Kier molecular flexibility index (Phi) is 6.75. The second kappa shape index (κ2) is 8.24. The number of hydrogen-bond acceptors (Lipinski definition) is 4. The van der Waals surface area contributed by atoms with Gasteiger partial charge in [-0.25, -0.2) is 12.7 Å². The maximum atomic E-state index is 12.6. The number of benzene rings is 1. The molecule has 1 atom stereocenters.